The molecule has 1 unspecified atom stereocenters. The van der Waals surface area contributed by atoms with Gasteiger partial charge in [0.25, 0.3) is 0 Å². The van der Waals surface area contributed by atoms with E-state index >= 15 is 0 Å². The van der Waals surface area contributed by atoms with Crippen molar-refractivity contribution in [1.29, 1.82) is 0 Å². The summed E-state index contributed by atoms with van der Waals surface area (Å²) in [6.45, 7) is 4.54. The third-order valence-electron chi connectivity index (χ3n) is 3.00. The lowest BCUT2D eigenvalue weighted by Gasteiger charge is -2.23. The van der Waals surface area contributed by atoms with Crippen LogP contribution >= 0.6 is 0 Å². The summed E-state index contributed by atoms with van der Waals surface area (Å²) in [5.74, 6) is -3.53. The van der Waals surface area contributed by atoms with Crippen LogP contribution in [0.2, 0.25) is 0 Å². The number of halogens is 3. The summed E-state index contributed by atoms with van der Waals surface area (Å²) in [5, 5.41) is 0. The van der Waals surface area contributed by atoms with E-state index < -0.39 is 33.6 Å². The standard InChI is InChI=1S/C13H17F3O2S/c1-9(2)12(13(14,15)16)8-19(17,18)11-6-4-10(3)5-7-11/h4-7,9,12H,8H2,1-3H3. The second kappa shape index (κ2) is 5.53. The first-order valence-corrected chi connectivity index (χ1v) is 7.55. The average molecular weight is 294 g/mol. The minimum absolute atomic E-state index is 0.0620. The van der Waals surface area contributed by atoms with E-state index in [1.54, 1.807) is 19.1 Å². The monoisotopic (exact) mass is 294 g/mol. The highest BCUT2D eigenvalue weighted by Crippen LogP contribution is 2.34. The Morgan fingerprint density at radius 2 is 1.58 bits per heavy atom. The lowest BCUT2D eigenvalue weighted by molar-refractivity contribution is -0.178. The predicted molar refractivity (Wildman–Crippen MR) is 67.6 cm³/mol. The highest BCUT2D eigenvalue weighted by Gasteiger charge is 2.44. The number of rotatable bonds is 4. The van der Waals surface area contributed by atoms with Crippen molar-refractivity contribution in [2.45, 2.75) is 31.8 Å². The molecular weight excluding hydrogens is 277 g/mol. The van der Waals surface area contributed by atoms with Crippen LogP contribution in [-0.4, -0.2) is 20.3 Å². The van der Waals surface area contributed by atoms with Crippen LogP contribution in [0.4, 0.5) is 13.2 Å². The molecule has 6 heteroatoms. The van der Waals surface area contributed by atoms with E-state index in [1.807, 2.05) is 0 Å². The van der Waals surface area contributed by atoms with E-state index in [1.165, 1.54) is 26.0 Å². The van der Waals surface area contributed by atoms with E-state index in [9.17, 15) is 21.6 Å². The molecule has 2 nitrogen and oxygen atoms in total. The average Bonchev–Trinajstić information content (AvgIpc) is 2.24. The molecule has 0 spiro atoms. The smallest absolute Gasteiger partial charge is 0.224 e. The fourth-order valence-electron chi connectivity index (χ4n) is 1.74. The molecule has 1 aromatic carbocycles. The van der Waals surface area contributed by atoms with Gasteiger partial charge in [-0.05, 0) is 25.0 Å². The minimum atomic E-state index is -4.51. The summed E-state index contributed by atoms with van der Waals surface area (Å²) in [6.07, 6.45) is -4.51. The normalized spacial score (nSPS) is 14.7. The molecule has 0 bridgehead atoms. The second-order valence-corrected chi connectivity index (χ2v) is 7.02. The maximum absolute atomic E-state index is 12.8. The van der Waals surface area contributed by atoms with Crippen LogP contribution < -0.4 is 0 Å². The Morgan fingerprint density at radius 1 is 1.11 bits per heavy atom. The summed E-state index contributed by atoms with van der Waals surface area (Å²) >= 11 is 0. The Labute approximate surface area is 111 Å². The van der Waals surface area contributed by atoms with Crippen molar-refractivity contribution in [3.05, 3.63) is 29.8 Å². The molecule has 108 valence electrons. The second-order valence-electron chi connectivity index (χ2n) is 4.99. The summed E-state index contributed by atoms with van der Waals surface area (Å²) in [7, 11) is -3.92. The molecule has 0 fully saturated rings. The molecule has 1 atom stereocenters. The predicted octanol–water partition coefficient (Wildman–Crippen LogP) is 3.60. The van der Waals surface area contributed by atoms with Crippen LogP contribution in [0, 0.1) is 18.8 Å². The van der Waals surface area contributed by atoms with Gasteiger partial charge in [0.1, 0.15) is 0 Å². The van der Waals surface area contributed by atoms with Gasteiger partial charge in [0, 0.05) is 0 Å². The first-order chi connectivity index (χ1) is 8.54. The van der Waals surface area contributed by atoms with E-state index in [2.05, 4.69) is 0 Å². The molecule has 0 aliphatic heterocycles. The number of sulfone groups is 1. The molecule has 0 N–H and O–H groups in total. The van der Waals surface area contributed by atoms with Crippen molar-refractivity contribution in [2.24, 2.45) is 11.8 Å². The van der Waals surface area contributed by atoms with Crippen molar-refractivity contribution >= 4 is 9.84 Å². The van der Waals surface area contributed by atoms with Crippen molar-refractivity contribution in [2.75, 3.05) is 5.75 Å². The van der Waals surface area contributed by atoms with Crippen molar-refractivity contribution in [3.63, 3.8) is 0 Å². The zero-order chi connectivity index (χ0) is 14.8. The Bertz CT molecular complexity index is 516. The topological polar surface area (TPSA) is 34.1 Å². The zero-order valence-corrected chi connectivity index (χ0v) is 11.8. The van der Waals surface area contributed by atoms with Crippen LogP contribution in [0.15, 0.2) is 29.2 Å². The van der Waals surface area contributed by atoms with Crippen molar-refractivity contribution in [3.8, 4) is 0 Å². The first-order valence-electron chi connectivity index (χ1n) is 5.90. The highest BCUT2D eigenvalue weighted by atomic mass is 32.2. The van der Waals surface area contributed by atoms with Gasteiger partial charge in [-0.25, -0.2) is 8.42 Å². The van der Waals surface area contributed by atoms with E-state index in [0.717, 1.165) is 5.56 Å². The van der Waals surface area contributed by atoms with Gasteiger partial charge in [0.2, 0.25) is 0 Å². The maximum Gasteiger partial charge on any atom is 0.393 e. The molecule has 0 saturated carbocycles. The quantitative estimate of drug-likeness (QED) is 0.850. The van der Waals surface area contributed by atoms with Crippen LogP contribution in [-0.2, 0) is 9.84 Å². The minimum Gasteiger partial charge on any atom is -0.224 e. The molecule has 0 aliphatic carbocycles. The van der Waals surface area contributed by atoms with Gasteiger partial charge in [-0.3, -0.25) is 0 Å². The number of benzene rings is 1. The molecule has 0 aliphatic rings. The first kappa shape index (κ1) is 16.0. The molecule has 0 heterocycles. The summed E-state index contributed by atoms with van der Waals surface area (Å²) in [5.41, 5.74) is 0.857. The third-order valence-corrected chi connectivity index (χ3v) is 4.79. The van der Waals surface area contributed by atoms with E-state index in [0.29, 0.717) is 0 Å². The lowest BCUT2D eigenvalue weighted by Crippen LogP contribution is -2.34. The zero-order valence-electron chi connectivity index (χ0n) is 11.0. The molecule has 1 rings (SSSR count). The van der Waals surface area contributed by atoms with Gasteiger partial charge in [-0.2, -0.15) is 13.2 Å². The fraction of sp³-hybridized carbons (Fsp3) is 0.538. The Balaban J connectivity index is 3.04. The molecule has 0 amide bonds. The van der Waals surface area contributed by atoms with Crippen LogP contribution in [0.1, 0.15) is 19.4 Å². The summed E-state index contributed by atoms with van der Waals surface area (Å²) in [4.78, 5) is -0.0620. The Hall–Kier alpha value is -1.04. The van der Waals surface area contributed by atoms with Gasteiger partial charge in [0.15, 0.2) is 9.84 Å². The fourth-order valence-corrected chi connectivity index (χ4v) is 3.53. The molecule has 0 aromatic heterocycles. The van der Waals surface area contributed by atoms with Crippen molar-refractivity contribution in [1.82, 2.24) is 0 Å². The van der Waals surface area contributed by atoms with E-state index in [-0.39, 0.29) is 4.90 Å². The number of hydrogen-bond acceptors (Lipinski definition) is 2. The van der Waals surface area contributed by atoms with Gasteiger partial charge >= 0.3 is 6.18 Å². The third kappa shape index (κ3) is 4.23. The van der Waals surface area contributed by atoms with Gasteiger partial charge in [-0.15, -0.1) is 0 Å². The van der Waals surface area contributed by atoms with Crippen LogP contribution in [0.3, 0.4) is 0 Å². The lowest BCUT2D eigenvalue weighted by atomic mass is 9.98. The Morgan fingerprint density at radius 3 is 1.95 bits per heavy atom. The van der Waals surface area contributed by atoms with Gasteiger partial charge < -0.3 is 0 Å². The molecular formula is C13H17F3O2S. The van der Waals surface area contributed by atoms with Crippen molar-refractivity contribution < 1.29 is 21.6 Å². The van der Waals surface area contributed by atoms with Gasteiger partial charge in [-0.1, -0.05) is 31.5 Å². The Kier molecular flexibility index (Phi) is 4.66. The molecule has 0 saturated heterocycles. The molecule has 1 aromatic rings. The maximum atomic E-state index is 12.8. The number of alkyl halides is 3. The molecule has 0 radical (unpaired) electrons. The van der Waals surface area contributed by atoms with Crippen LogP contribution in [0.5, 0.6) is 0 Å². The summed E-state index contributed by atoms with van der Waals surface area (Å²) < 4.78 is 62.5. The summed E-state index contributed by atoms with van der Waals surface area (Å²) in [6, 6.07) is 5.84. The van der Waals surface area contributed by atoms with Gasteiger partial charge in [0.05, 0.1) is 16.6 Å². The number of hydrogen-bond donors (Lipinski definition) is 0. The number of aryl methyl sites for hydroxylation is 1. The van der Waals surface area contributed by atoms with E-state index in [4.69, 9.17) is 0 Å². The SMILES string of the molecule is Cc1ccc(S(=O)(=O)CC(C(C)C)C(F)(F)F)cc1. The van der Waals surface area contributed by atoms with Crippen LogP contribution in [0.25, 0.3) is 0 Å². The molecule has 19 heavy (non-hydrogen) atoms. The largest absolute Gasteiger partial charge is 0.393 e. The highest BCUT2D eigenvalue weighted by molar-refractivity contribution is 7.91.